The van der Waals surface area contributed by atoms with Crippen LogP contribution in [-0.4, -0.2) is 32.0 Å². The van der Waals surface area contributed by atoms with E-state index in [0.29, 0.717) is 13.0 Å². The van der Waals surface area contributed by atoms with Crippen LogP contribution in [0.3, 0.4) is 0 Å². The first-order chi connectivity index (χ1) is 6.62. The van der Waals surface area contributed by atoms with Gasteiger partial charge in [0.1, 0.15) is 6.61 Å². The Morgan fingerprint density at radius 3 is 2.79 bits per heavy atom. The zero-order chi connectivity index (χ0) is 10.6. The van der Waals surface area contributed by atoms with Crippen LogP contribution in [0.15, 0.2) is 0 Å². The van der Waals surface area contributed by atoms with Gasteiger partial charge in [0.05, 0.1) is 12.3 Å². The minimum Gasteiger partial charge on any atom is -0.465 e. The Balaban J connectivity index is 2.61. The number of carbonyl (C=O) groups excluding carboxylic acids is 1. The maximum absolute atomic E-state index is 12.0. The molecule has 0 spiro atoms. The zero-order valence-corrected chi connectivity index (χ0v) is 9.29. The van der Waals surface area contributed by atoms with Crippen molar-refractivity contribution in [2.24, 2.45) is 0 Å². The lowest BCUT2D eigenvalue weighted by molar-refractivity contribution is -0.146. The van der Waals surface area contributed by atoms with E-state index in [2.05, 4.69) is 0 Å². The van der Waals surface area contributed by atoms with E-state index >= 15 is 0 Å². The standard InChI is InChI=1S/C8H15O5P/c1-3-13-14(10,11-2)7-4-5-8(9)12-6-7/h7H,3-6H2,1-2H3. The summed E-state index contributed by atoms with van der Waals surface area (Å²) in [6.07, 6.45) is 0.787. The average Bonchev–Trinajstić information content (AvgIpc) is 2.19. The molecule has 6 heteroatoms. The Hall–Kier alpha value is -0.380. The maximum Gasteiger partial charge on any atom is 0.336 e. The Bertz CT molecular complexity index is 242. The third-order valence-corrected chi connectivity index (χ3v) is 4.56. The van der Waals surface area contributed by atoms with Crippen LogP contribution < -0.4 is 0 Å². The second-order valence-corrected chi connectivity index (χ2v) is 5.45. The lowest BCUT2D eigenvalue weighted by atomic mass is 10.2. The minimum absolute atomic E-state index is 0.129. The van der Waals surface area contributed by atoms with Gasteiger partial charge in [0.15, 0.2) is 0 Å². The zero-order valence-electron chi connectivity index (χ0n) is 8.39. The quantitative estimate of drug-likeness (QED) is 0.533. The highest BCUT2D eigenvalue weighted by Gasteiger charge is 2.38. The van der Waals surface area contributed by atoms with Gasteiger partial charge in [-0.15, -0.1) is 0 Å². The fourth-order valence-corrected chi connectivity index (χ4v) is 3.04. The predicted molar refractivity (Wildman–Crippen MR) is 50.2 cm³/mol. The second kappa shape index (κ2) is 4.91. The third kappa shape index (κ3) is 2.56. The lowest BCUT2D eigenvalue weighted by Crippen LogP contribution is -2.27. The molecule has 2 unspecified atom stereocenters. The minimum atomic E-state index is -3.08. The molecular weight excluding hydrogens is 207 g/mol. The third-order valence-electron chi connectivity index (χ3n) is 2.13. The molecule has 0 amide bonds. The SMILES string of the molecule is CCOP(=O)(OC)C1CCC(=O)OC1. The summed E-state index contributed by atoms with van der Waals surface area (Å²) in [5, 5.41) is 0. The number of hydrogen-bond acceptors (Lipinski definition) is 5. The molecule has 0 bridgehead atoms. The van der Waals surface area contributed by atoms with Crippen LogP contribution in [0.25, 0.3) is 0 Å². The molecule has 0 aliphatic carbocycles. The molecule has 0 radical (unpaired) electrons. The Morgan fingerprint density at radius 2 is 2.36 bits per heavy atom. The van der Waals surface area contributed by atoms with E-state index in [4.69, 9.17) is 13.8 Å². The summed E-state index contributed by atoms with van der Waals surface area (Å²) < 4.78 is 26.8. The molecule has 5 nitrogen and oxygen atoms in total. The van der Waals surface area contributed by atoms with Crippen LogP contribution in [0.5, 0.6) is 0 Å². The monoisotopic (exact) mass is 222 g/mol. The molecule has 0 aromatic carbocycles. The van der Waals surface area contributed by atoms with Gasteiger partial charge in [-0.05, 0) is 13.3 Å². The molecule has 0 aromatic heterocycles. The molecule has 1 aliphatic rings. The topological polar surface area (TPSA) is 61.8 Å². The molecule has 82 valence electrons. The van der Waals surface area contributed by atoms with Gasteiger partial charge in [0.25, 0.3) is 0 Å². The molecule has 0 saturated carbocycles. The summed E-state index contributed by atoms with van der Waals surface area (Å²) in [5.41, 5.74) is -0.315. The first-order valence-electron chi connectivity index (χ1n) is 4.58. The van der Waals surface area contributed by atoms with Crippen molar-refractivity contribution < 1.29 is 23.1 Å². The molecule has 0 aromatic rings. The number of carbonyl (C=O) groups is 1. The Labute approximate surface area is 83.3 Å². The van der Waals surface area contributed by atoms with Gasteiger partial charge in [-0.1, -0.05) is 0 Å². The number of cyclic esters (lactones) is 1. The van der Waals surface area contributed by atoms with Gasteiger partial charge in [-0.25, -0.2) is 0 Å². The van der Waals surface area contributed by atoms with Gasteiger partial charge in [0, 0.05) is 13.5 Å². The largest absolute Gasteiger partial charge is 0.465 e. The highest BCUT2D eigenvalue weighted by molar-refractivity contribution is 7.54. The molecule has 1 aliphatic heterocycles. The highest BCUT2D eigenvalue weighted by atomic mass is 31.2. The molecule has 1 heterocycles. The van der Waals surface area contributed by atoms with Crippen molar-refractivity contribution >= 4 is 13.6 Å². The predicted octanol–water partition coefficient (Wildman–Crippen LogP) is 1.57. The van der Waals surface area contributed by atoms with Crippen LogP contribution in [0.4, 0.5) is 0 Å². The summed E-state index contributed by atoms with van der Waals surface area (Å²) in [5.74, 6) is -0.250. The fourth-order valence-electron chi connectivity index (χ4n) is 1.37. The number of rotatable bonds is 4. The van der Waals surface area contributed by atoms with E-state index in [9.17, 15) is 9.36 Å². The van der Waals surface area contributed by atoms with Crippen LogP contribution in [0.1, 0.15) is 19.8 Å². The summed E-state index contributed by atoms with van der Waals surface area (Å²) in [4.78, 5) is 10.8. The van der Waals surface area contributed by atoms with E-state index in [1.54, 1.807) is 6.92 Å². The smallest absolute Gasteiger partial charge is 0.336 e. The molecule has 1 fully saturated rings. The fraction of sp³-hybridized carbons (Fsp3) is 0.875. The van der Waals surface area contributed by atoms with Crippen LogP contribution in [0.2, 0.25) is 0 Å². The van der Waals surface area contributed by atoms with Crippen LogP contribution in [0, 0.1) is 0 Å². The average molecular weight is 222 g/mol. The molecule has 2 atom stereocenters. The van der Waals surface area contributed by atoms with Crippen molar-refractivity contribution in [1.29, 1.82) is 0 Å². The summed E-state index contributed by atoms with van der Waals surface area (Å²) >= 11 is 0. The number of esters is 1. The van der Waals surface area contributed by atoms with E-state index in [1.807, 2.05) is 0 Å². The Kier molecular flexibility index (Phi) is 4.11. The first-order valence-corrected chi connectivity index (χ1v) is 6.19. The molecule has 14 heavy (non-hydrogen) atoms. The molecular formula is C8H15O5P. The van der Waals surface area contributed by atoms with E-state index in [-0.39, 0.29) is 24.7 Å². The van der Waals surface area contributed by atoms with E-state index in [0.717, 1.165) is 0 Å². The number of hydrogen-bond donors (Lipinski definition) is 0. The van der Waals surface area contributed by atoms with Crippen molar-refractivity contribution in [2.45, 2.75) is 25.4 Å². The van der Waals surface area contributed by atoms with Crippen molar-refractivity contribution in [2.75, 3.05) is 20.3 Å². The van der Waals surface area contributed by atoms with E-state index in [1.165, 1.54) is 7.11 Å². The van der Waals surface area contributed by atoms with Gasteiger partial charge in [-0.3, -0.25) is 9.36 Å². The molecule has 1 rings (SSSR count). The van der Waals surface area contributed by atoms with E-state index < -0.39 is 7.60 Å². The highest BCUT2D eigenvalue weighted by Crippen LogP contribution is 2.54. The van der Waals surface area contributed by atoms with Gasteiger partial charge in [0.2, 0.25) is 0 Å². The van der Waals surface area contributed by atoms with Crippen molar-refractivity contribution in [3.8, 4) is 0 Å². The van der Waals surface area contributed by atoms with Crippen molar-refractivity contribution in [3.63, 3.8) is 0 Å². The van der Waals surface area contributed by atoms with Gasteiger partial charge < -0.3 is 13.8 Å². The molecule has 0 N–H and O–H groups in total. The van der Waals surface area contributed by atoms with Gasteiger partial charge >= 0.3 is 13.6 Å². The lowest BCUT2D eigenvalue weighted by Gasteiger charge is -2.27. The second-order valence-electron chi connectivity index (χ2n) is 3.02. The van der Waals surface area contributed by atoms with Crippen molar-refractivity contribution in [3.05, 3.63) is 0 Å². The van der Waals surface area contributed by atoms with Crippen molar-refractivity contribution in [1.82, 2.24) is 0 Å². The summed E-state index contributed by atoms with van der Waals surface area (Å²) in [6.45, 7) is 2.21. The summed E-state index contributed by atoms with van der Waals surface area (Å²) in [7, 11) is -1.73. The first kappa shape index (κ1) is 11.7. The van der Waals surface area contributed by atoms with Crippen LogP contribution in [-0.2, 0) is 23.1 Å². The summed E-state index contributed by atoms with van der Waals surface area (Å²) in [6, 6.07) is 0. The Morgan fingerprint density at radius 1 is 1.64 bits per heavy atom. The molecule has 1 saturated heterocycles. The van der Waals surface area contributed by atoms with Gasteiger partial charge in [-0.2, -0.15) is 0 Å². The van der Waals surface area contributed by atoms with Crippen LogP contribution >= 0.6 is 7.60 Å². The maximum atomic E-state index is 12.0. The normalized spacial score (nSPS) is 26.7. The number of ether oxygens (including phenoxy) is 1.